The third-order valence-corrected chi connectivity index (χ3v) is 2.43. The highest BCUT2D eigenvalue weighted by Gasteiger charge is 2.06. The van der Waals surface area contributed by atoms with Gasteiger partial charge >= 0.3 is 0 Å². The van der Waals surface area contributed by atoms with Crippen LogP contribution in [-0.2, 0) is 6.42 Å². The first-order valence-electron chi connectivity index (χ1n) is 5.12. The molecule has 0 spiro atoms. The number of hydrogen-bond acceptors (Lipinski definition) is 3. The van der Waals surface area contributed by atoms with E-state index in [2.05, 4.69) is 6.92 Å². The van der Waals surface area contributed by atoms with Crippen LogP contribution in [0.15, 0.2) is 18.2 Å². The highest BCUT2D eigenvalue weighted by Crippen LogP contribution is 2.28. The first kappa shape index (κ1) is 11.9. The maximum absolute atomic E-state index is 5.59. The van der Waals surface area contributed by atoms with E-state index in [-0.39, 0.29) is 0 Å². The van der Waals surface area contributed by atoms with E-state index >= 15 is 0 Å². The molecule has 1 atom stereocenters. The number of nitrogens with two attached hydrogens (primary N) is 1. The Morgan fingerprint density at radius 2 is 1.87 bits per heavy atom. The lowest BCUT2D eigenvalue weighted by Gasteiger charge is -2.12. The summed E-state index contributed by atoms with van der Waals surface area (Å²) >= 11 is 0. The molecule has 84 valence electrons. The Morgan fingerprint density at radius 3 is 2.40 bits per heavy atom. The fraction of sp³-hybridized carbons (Fsp3) is 0.500. The van der Waals surface area contributed by atoms with Crippen molar-refractivity contribution in [1.29, 1.82) is 0 Å². The van der Waals surface area contributed by atoms with Gasteiger partial charge in [-0.05, 0) is 36.6 Å². The standard InChI is InChI=1S/C12H19NO2/c1-9(8-13)6-10-4-5-11(14-2)12(7-10)15-3/h4-5,7,9H,6,8,13H2,1-3H3/t9-/m1/s1. The zero-order valence-electron chi connectivity index (χ0n) is 9.62. The molecule has 0 aromatic heterocycles. The maximum Gasteiger partial charge on any atom is 0.160 e. The third kappa shape index (κ3) is 3.13. The van der Waals surface area contributed by atoms with Crippen LogP contribution in [0, 0.1) is 5.92 Å². The van der Waals surface area contributed by atoms with Gasteiger partial charge in [0.05, 0.1) is 14.2 Å². The van der Waals surface area contributed by atoms with Gasteiger partial charge in [0.2, 0.25) is 0 Å². The Kier molecular flexibility index (Phi) is 4.43. The molecule has 0 radical (unpaired) electrons. The van der Waals surface area contributed by atoms with Gasteiger partial charge in [0, 0.05) is 0 Å². The molecule has 2 N–H and O–H groups in total. The highest BCUT2D eigenvalue weighted by atomic mass is 16.5. The summed E-state index contributed by atoms with van der Waals surface area (Å²) in [5.41, 5.74) is 6.82. The second-order valence-electron chi connectivity index (χ2n) is 3.73. The number of rotatable bonds is 5. The van der Waals surface area contributed by atoms with Crippen LogP contribution in [0.1, 0.15) is 12.5 Å². The molecule has 0 saturated carbocycles. The molecule has 0 fully saturated rings. The van der Waals surface area contributed by atoms with Crippen molar-refractivity contribution < 1.29 is 9.47 Å². The molecule has 0 amide bonds. The maximum atomic E-state index is 5.59. The van der Waals surface area contributed by atoms with Crippen molar-refractivity contribution in [2.45, 2.75) is 13.3 Å². The molecule has 0 aliphatic heterocycles. The molecule has 1 aromatic carbocycles. The second kappa shape index (κ2) is 5.61. The molecular weight excluding hydrogens is 190 g/mol. The Labute approximate surface area is 91.2 Å². The van der Waals surface area contributed by atoms with E-state index in [1.54, 1.807) is 14.2 Å². The third-order valence-electron chi connectivity index (χ3n) is 2.43. The first-order chi connectivity index (χ1) is 7.21. The largest absolute Gasteiger partial charge is 0.493 e. The minimum Gasteiger partial charge on any atom is -0.493 e. The van der Waals surface area contributed by atoms with Gasteiger partial charge in [0.1, 0.15) is 0 Å². The van der Waals surface area contributed by atoms with Gasteiger partial charge in [0.15, 0.2) is 11.5 Å². The minimum absolute atomic E-state index is 0.489. The van der Waals surface area contributed by atoms with Crippen LogP contribution < -0.4 is 15.2 Å². The van der Waals surface area contributed by atoms with Crippen LogP contribution in [0.2, 0.25) is 0 Å². The molecule has 0 saturated heterocycles. The van der Waals surface area contributed by atoms with Crippen LogP contribution in [0.4, 0.5) is 0 Å². The lowest BCUT2D eigenvalue weighted by atomic mass is 10.0. The van der Waals surface area contributed by atoms with E-state index in [4.69, 9.17) is 15.2 Å². The van der Waals surface area contributed by atoms with Crippen molar-refractivity contribution in [3.63, 3.8) is 0 Å². The lowest BCUT2D eigenvalue weighted by Crippen LogP contribution is -2.13. The minimum atomic E-state index is 0.489. The summed E-state index contributed by atoms with van der Waals surface area (Å²) in [6.45, 7) is 2.84. The van der Waals surface area contributed by atoms with Gasteiger partial charge in [0.25, 0.3) is 0 Å². The summed E-state index contributed by atoms with van der Waals surface area (Å²) in [5, 5.41) is 0. The van der Waals surface area contributed by atoms with Crippen molar-refractivity contribution in [2.75, 3.05) is 20.8 Å². The number of benzene rings is 1. The zero-order chi connectivity index (χ0) is 11.3. The molecule has 3 nitrogen and oxygen atoms in total. The van der Waals surface area contributed by atoms with Crippen molar-refractivity contribution >= 4 is 0 Å². The summed E-state index contributed by atoms with van der Waals surface area (Å²) in [6, 6.07) is 5.98. The van der Waals surface area contributed by atoms with E-state index in [1.165, 1.54) is 5.56 Å². The monoisotopic (exact) mass is 209 g/mol. The van der Waals surface area contributed by atoms with Gasteiger partial charge in [-0.15, -0.1) is 0 Å². The molecule has 1 aromatic rings. The Balaban J connectivity index is 2.83. The van der Waals surface area contributed by atoms with Crippen LogP contribution in [-0.4, -0.2) is 20.8 Å². The van der Waals surface area contributed by atoms with Crippen LogP contribution >= 0.6 is 0 Å². The second-order valence-corrected chi connectivity index (χ2v) is 3.73. The van der Waals surface area contributed by atoms with Crippen molar-refractivity contribution in [3.05, 3.63) is 23.8 Å². The lowest BCUT2D eigenvalue weighted by molar-refractivity contribution is 0.354. The Hall–Kier alpha value is -1.22. The predicted molar refractivity (Wildman–Crippen MR) is 61.5 cm³/mol. The summed E-state index contributed by atoms with van der Waals surface area (Å²) in [6.07, 6.45) is 0.969. The summed E-state index contributed by atoms with van der Waals surface area (Å²) in [7, 11) is 3.29. The van der Waals surface area contributed by atoms with Crippen molar-refractivity contribution in [1.82, 2.24) is 0 Å². The molecule has 0 heterocycles. The van der Waals surface area contributed by atoms with Gasteiger partial charge < -0.3 is 15.2 Å². The molecule has 15 heavy (non-hydrogen) atoms. The van der Waals surface area contributed by atoms with E-state index in [0.717, 1.165) is 17.9 Å². The van der Waals surface area contributed by atoms with Gasteiger partial charge in [-0.1, -0.05) is 13.0 Å². The normalized spacial score (nSPS) is 12.3. The average Bonchev–Trinajstić information content (AvgIpc) is 2.28. The number of methoxy groups -OCH3 is 2. The van der Waals surface area contributed by atoms with Crippen molar-refractivity contribution in [3.8, 4) is 11.5 Å². The fourth-order valence-electron chi connectivity index (χ4n) is 1.49. The topological polar surface area (TPSA) is 44.5 Å². The van der Waals surface area contributed by atoms with Crippen LogP contribution in [0.3, 0.4) is 0 Å². The molecular formula is C12H19NO2. The van der Waals surface area contributed by atoms with Crippen LogP contribution in [0.5, 0.6) is 11.5 Å². The molecule has 0 unspecified atom stereocenters. The van der Waals surface area contributed by atoms with Gasteiger partial charge in [-0.25, -0.2) is 0 Å². The quantitative estimate of drug-likeness (QED) is 0.804. The van der Waals surface area contributed by atoms with Crippen molar-refractivity contribution in [2.24, 2.45) is 11.7 Å². The Morgan fingerprint density at radius 1 is 1.20 bits per heavy atom. The molecule has 3 heteroatoms. The molecule has 0 bridgehead atoms. The summed E-state index contributed by atoms with van der Waals surface area (Å²) < 4.78 is 10.4. The van der Waals surface area contributed by atoms with E-state index in [9.17, 15) is 0 Å². The molecule has 0 aliphatic rings. The molecule has 1 rings (SSSR count). The average molecular weight is 209 g/mol. The van der Waals surface area contributed by atoms with Crippen LogP contribution in [0.25, 0.3) is 0 Å². The van der Waals surface area contributed by atoms with Gasteiger partial charge in [-0.2, -0.15) is 0 Å². The number of ether oxygens (including phenoxy) is 2. The Bertz CT molecular complexity index is 312. The fourth-order valence-corrected chi connectivity index (χ4v) is 1.49. The molecule has 0 aliphatic carbocycles. The zero-order valence-corrected chi connectivity index (χ0v) is 9.62. The summed E-state index contributed by atoms with van der Waals surface area (Å²) in [5.74, 6) is 2.03. The number of hydrogen-bond donors (Lipinski definition) is 1. The SMILES string of the molecule is COc1ccc(C[C@@H](C)CN)cc1OC. The van der Waals surface area contributed by atoms with E-state index < -0.39 is 0 Å². The summed E-state index contributed by atoms with van der Waals surface area (Å²) in [4.78, 5) is 0. The van der Waals surface area contributed by atoms with Gasteiger partial charge in [-0.3, -0.25) is 0 Å². The van der Waals surface area contributed by atoms with E-state index in [0.29, 0.717) is 12.5 Å². The highest BCUT2D eigenvalue weighted by molar-refractivity contribution is 5.42. The smallest absolute Gasteiger partial charge is 0.160 e. The first-order valence-corrected chi connectivity index (χ1v) is 5.12. The predicted octanol–water partition coefficient (Wildman–Crippen LogP) is 1.84. The van der Waals surface area contributed by atoms with E-state index in [1.807, 2.05) is 18.2 Å².